The molecule has 0 fully saturated rings. The number of benzene rings is 4. The lowest BCUT2D eigenvalue weighted by Crippen LogP contribution is -2.53. The van der Waals surface area contributed by atoms with E-state index in [1.165, 1.54) is 50.4 Å². The third-order valence-electron chi connectivity index (χ3n) is 7.02. The largest absolute Gasteiger partial charge is 0.497 e. The number of anilines is 1. The lowest BCUT2D eigenvalue weighted by Gasteiger charge is -2.34. The molecule has 4 aromatic rings. The number of ether oxygens (including phenoxy) is 2. The molecule has 4 rings (SSSR count). The van der Waals surface area contributed by atoms with Crippen molar-refractivity contribution in [2.45, 2.75) is 23.9 Å². The third-order valence-corrected chi connectivity index (χ3v) is 9.03. The highest BCUT2D eigenvalue weighted by atomic mass is 35.5. The van der Waals surface area contributed by atoms with E-state index in [0.29, 0.717) is 11.3 Å². The Kier molecular flexibility index (Phi) is 10.9. The van der Waals surface area contributed by atoms with Crippen molar-refractivity contribution >= 4 is 39.1 Å². The summed E-state index contributed by atoms with van der Waals surface area (Å²) in [6.07, 6.45) is 0.197. The maximum Gasteiger partial charge on any atom is 0.264 e. The molecule has 0 saturated carbocycles. The van der Waals surface area contributed by atoms with Gasteiger partial charge in [-0.05, 0) is 53.6 Å². The molecule has 0 radical (unpaired) electrons. The number of carbonyl (C=O) groups excluding carboxylic acids is 2. The Morgan fingerprint density at radius 2 is 1.50 bits per heavy atom. The number of rotatable bonds is 13. The zero-order valence-corrected chi connectivity index (χ0v) is 26.2. The summed E-state index contributed by atoms with van der Waals surface area (Å²) in [6, 6.07) is 27.8. The Hall–Kier alpha value is -4.54. The molecule has 0 heterocycles. The number of halogens is 1. The molecule has 0 bridgehead atoms. The molecule has 1 unspecified atom stereocenters. The molecule has 0 aliphatic carbocycles. The number of likely N-dealkylation sites (N-methyl/N-ethyl adjacent to an activating group) is 1. The number of amides is 2. The lowest BCUT2D eigenvalue weighted by molar-refractivity contribution is -0.139. The van der Waals surface area contributed by atoms with Gasteiger partial charge in [0.15, 0.2) is 0 Å². The van der Waals surface area contributed by atoms with E-state index in [9.17, 15) is 18.0 Å². The number of methoxy groups -OCH3 is 2. The number of sulfonamides is 1. The van der Waals surface area contributed by atoms with Gasteiger partial charge in [0.1, 0.15) is 24.1 Å². The van der Waals surface area contributed by atoms with Crippen molar-refractivity contribution in [1.29, 1.82) is 0 Å². The van der Waals surface area contributed by atoms with Gasteiger partial charge in [-0.2, -0.15) is 0 Å². The Bertz CT molecular complexity index is 1690. The highest BCUT2D eigenvalue weighted by Gasteiger charge is 2.35. The van der Waals surface area contributed by atoms with Gasteiger partial charge in [0.25, 0.3) is 10.0 Å². The summed E-state index contributed by atoms with van der Waals surface area (Å²) in [5.74, 6) is -0.235. The van der Waals surface area contributed by atoms with Crippen LogP contribution < -0.4 is 19.1 Å². The number of nitrogens with zero attached hydrogens (tertiary/aromatic N) is 2. The average molecular weight is 636 g/mol. The summed E-state index contributed by atoms with van der Waals surface area (Å²) >= 11 is 6.31. The van der Waals surface area contributed by atoms with Crippen LogP contribution in [0.3, 0.4) is 0 Å². The highest BCUT2D eigenvalue weighted by molar-refractivity contribution is 7.92. The van der Waals surface area contributed by atoms with Gasteiger partial charge < -0.3 is 19.7 Å². The van der Waals surface area contributed by atoms with E-state index in [0.717, 1.165) is 9.87 Å². The Balaban J connectivity index is 1.84. The number of carbonyl (C=O) groups is 2. The van der Waals surface area contributed by atoms with Crippen molar-refractivity contribution in [2.75, 3.05) is 32.1 Å². The summed E-state index contributed by atoms with van der Waals surface area (Å²) < 4.78 is 40.1. The summed E-state index contributed by atoms with van der Waals surface area (Å²) in [7, 11) is 0.137. The van der Waals surface area contributed by atoms with E-state index >= 15 is 0 Å². The summed E-state index contributed by atoms with van der Waals surface area (Å²) in [4.78, 5) is 29.2. The van der Waals surface area contributed by atoms with E-state index in [2.05, 4.69) is 5.32 Å². The molecule has 0 aromatic heterocycles. The molecule has 0 aliphatic rings. The van der Waals surface area contributed by atoms with Crippen molar-refractivity contribution in [3.8, 4) is 11.5 Å². The minimum absolute atomic E-state index is 0.00680. The number of hydrogen-bond acceptors (Lipinski definition) is 6. The summed E-state index contributed by atoms with van der Waals surface area (Å²) in [5, 5.41) is 2.92. The first kappa shape index (κ1) is 32.4. The van der Waals surface area contributed by atoms with Crippen LogP contribution in [0.4, 0.5) is 5.69 Å². The van der Waals surface area contributed by atoms with E-state index < -0.39 is 34.4 Å². The van der Waals surface area contributed by atoms with Crippen LogP contribution in [-0.2, 0) is 32.6 Å². The molecule has 0 spiro atoms. The highest BCUT2D eigenvalue weighted by Crippen LogP contribution is 2.35. The van der Waals surface area contributed by atoms with Gasteiger partial charge in [0, 0.05) is 25.0 Å². The van der Waals surface area contributed by atoms with Crippen LogP contribution in [0.15, 0.2) is 108 Å². The summed E-state index contributed by atoms with van der Waals surface area (Å²) in [6.45, 7) is -0.632. The van der Waals surface area contributed by atoms with Crippen molar-refractivity contribution < 1.29 is 27.5 Å². The van der Waals surface area contributed by atoms with Crippen LogP contribution in [0.2, 0.25) is 5.02 Å². The average Bonchev–Trinajstić information content (AvgIpc) is 3.05. The maximum atomic E-state index is 14.4. The van der Waals surface area contributed by atoms with Gasteiger partial charge in [0.05, 0.1) is 24.8 Å². The van der Waals surface area contributed by atoms with Crippen LogP contribution in [0.25, 0.3) is 0 Å². The monoisotopic (exact) mass is 635 g/mol. The molecule has 11 heteroatoms. The molecule has 4 aromatic carbocycles. The fraction of sp³-hybridized carbons (Fsp3) is 0.212. The van der Waals surface area contributed by atoms with Crippen LogP contribution in [-0.4, -0.2) is 59.0 Å². The van der Waals surface area contributed by atoms with Crippen molar-refractivity contribution in [3.05, 3.63) is 119 Å². The number of nitrogens with one attached hydrogen (secondary N) is 1. The SMILES string of the molecule is CNC(=O)C(Cc1ccccc1)N(Cc1cccc(OC)c1)C(=O)CN(c1cc(Cl)ccc1OC)S(=O)(=O)c1ccccc1. The summed E-state index contributed by atoms with van der Waals surface area (Å²) in [5.41, 5.74) is 1.60. The molecule has 44 heavy (non-hydrogen) atoms. The fourth-order valence-corrected chi connectivity index (χ4v) is 6.38. The first-order chi connectivity index (χ1) is 21.2. The molecule has 1 N–H and O–H groups in total. The van der Waals surface area contributed by atoms with Crippen LogP contribution in [0.5, 0.6) is 11.5 Å². The molecule has 2 amide bonds. The lowest BCUT2D eigenvalue weighted by atomic mass is 10.0. The van der Waals surface area contributed by atoms with E-state index in [-0.39, 0.29) is 34.3 Å². The molecule has 0 saturated heterocycles. The van der Waals surface area contributed by atoms with Gasteiger partial charge >= 0.3 is 0 Å². The minimum Gasteiger partial charge on any atom is -0.497 e. The standard InChI is InChI=1S/C33H34ClN3O6S/c1-35-33(39)30(20-24-11-6-4-7-12-24)36(22-25-13-10-14-27(19-25)42-2)32(38)23-37(29-21-26(34)17-18-31(29)43-3)44(40,41)28-15-8-5-9-16-28/h4-19,21,30H,20,22-23H2,1-3H3,(H,35,39). The normalized spacial score (nSPS) is 11.7. The van der Waals surface area contributed by atoms with Gasteiger partial charge in [-0.15, -0.1) is 0 Å². The quantitative estimate of drug-likeness (QED) is 0.223. The van der Waals surface area contributed by atoms with Gasteiger partial charge in [-0.1, -0.05) is 72.3 Å². The second kappa shape index (κ2) is 14.8. The van der Waals surface area contributed by atoms with Gasteiger partial charge in [-0.25, -0.2) is 8.42 Å². The molecule has 0 aliphatic heterocycles. The zero-order valence-electron chi connectivity index (χ0n) is 24.6. The Labute approximate surface area is 263 Å². The topological polar surface area (TPSA) is 105 Å². The van der Waals surface area contributed by atoms with Crippen molar-refractivity contribution in [2.24, 2.45) is 0 Å². The molecular weight excluding hydrogens is 602 g/mol. The van der Waals surface area contributed by atoms with Crippen LogP contribution in [0, 0.1) is 0 Å². The molecule has 1 atom stereocenters. The number of hydrogen-bond donors (Lipinski definition) is 1. The predicted molar refractivity (Wildman–Crippen MR) is 171 cm³/mol. The minimum atomic E-state index is -4.30. The fourth-order valence-electron chi connectivity index (χ4n) is 4.78. The molecule has 9 nitrogen and oxygen atoms in total. The third kappa shape index (κ3) is 7.69. The van der Waals surface area contributed by atoms with Crippen LogP contribution >= 0.6 is 11.6 Å². The van der Waals surface area contributed by atoms with E-state index in [1.54, 1.807) is 42.5 Å². The van der Waals surface area contributed by atoms with Gasteiger partial charge in [0.2, 0.25) is 11.8 Å². The Morgan fingerprint density at radius 3 is 2.14 bits per heavy atom. The first-order valence-corrected chi connectivity index (χ1v) is 15.6. The second-order valence-electron chi connectivity index (χ2n) is 9.83. The van der Waals surface area contributed by atoms with Crippen molar-refractivity contribution in [1.82, 2.24) is 10.2 Å². The Morgan fingerprint density at radius 1 is 0.841 bits per heavy atom. The molecule has 230 valence electrons. The zero-order chi connectivity index (χ0) is 31.7. The first-order valence-electron chi connectivity index (χ1n) is 13.8. The maximum absolute atomic E-state index is 14.4. The smallest absolute Gasteiger partial charge is 0.264 e. The van der Waals surface area contributed by atoms with Crippen LogP contribution in [0.1, 0.15) is 11.1 Å². The van der Waals surface area contributed by atoms with E-state index in [1.807, 2.05) is 36.4 Å². The molecular formula is C33H34ClN3O6S. The van der Waals surface area contributed by atoms with Crippen molar-refractivity contribution in [3.63, 3.8) is 0 Å². The predicted octanol–water partition coefficient (Wildman–Crippen LogP) is 4.94. The van der Waals surface area contributed by atoms with E-state index in [4.69, 9.17) is 21.1 Å². The van der Waals surface area contributed by atoms with Gasteiger partial charge in [-0.3, -0.25) is 13.9 Å². The second-order valence-corrected chi connectivity index (χ2v) is 12.1.